The molecule has 1 aromatic heterocycles. The van der Waals surface area contributed by atoms with Crippen LogP contribution < -0.4 is 0 Å². The van der Waals surface area contributed by atoms with Crippen LogP contribution in [0, 0.1) is 5.92 Å². The molecule has 2 aliphatic rings. The molecule has 1 aliphatic heterocycles. The summed E-state index contributed by atoms with van der Waals surface area (Å²) in [6.07, 6.45) is 8.02. The lowest BCUT2D eigenvalue weighted by Crippen LogP contribution is -2.50. The standard InChI is InChI=1S/C21H28N2S/c1-4-9-23-12-14(13-24-3)10-16-15-7-6-8-19-21(15)17(11-20(16)23)18(5-2)22-19/h5-8,14,16,20,22H,2,4,9-13H2,1,3H3/t14?,16-,20-/m1/s1. The number of rotatable bonds is 5. The first-order valence-electron chi connectivity index (χ1n) is 9.25. The number of hydrogen-bond donors (Lipinski definition) is 1. The highest BCUT2D eigenvalue weighted by atomic mass is 32.2. The van der Waals surface area contributed by atoms with Crippen molar-refractivity contribution in [1.29, 1.82) is 0 Å². The topological polar surface area (TPSA) is 19.0 Å². The van der Waals surface area contributed by atoms with E-state index in [0.29, 0.717) is 12.0 Å². The molecule has 1 unspecified atom stereocenters. The zero-order valence-electron chi connectivity index (χ0n) is 14.8. The first kappa shape index (κ1) is 16.3. The Hall–Kier alpha value is -1.19. The van der Waals surface area contributed by atoms with Gasteiger partial charge < -0.3 is 4.98 Å². The van der Waals surface area contributed by atoms with Gasteiger partial charge in [0.25, 0.3) is 0 Å². The minimum absolute atomic E-state index is 0.663. The second kappa shape index (κ2) is 6.61. The molecule has 0 saturated carbocycles. The number of aromatic nitrogens is 1. The summed E-state index contributed by atoms with van der Waals surface area (Å²) in [6, 6.07) is 7.50. The van der Waals surface area contributed by atoms with Crippen molar-refractivity contribution in [2.75, 3.05) is 25.1 Å². The van der Waals surface area contributed by atoms with Crippen LogP contribution in [-0.4, -0.2) is 41.0 Å². The predicted molar refractivity (Wildman–Crippen MR) is 107 cm³/mol. The Labute approximate surface area is 149 Å². The van der Waals surface area contributed by atoms with Crippen LogP contribution in [-0.2, 0) is 6.42 Å². The molecule has 1 aliphatic carbocycles. The molecule has 1 saturated heterocycles. The van der Waals surface area contributed by atoms with Crippen molar-refractivity contribution in [3.8, 4) is 0 Å². The first-order valence-corrected chi connectivity index (χ1v) is 10.6. The molecule has 2 nitrogen and oxygen atoms in total. The second-order valence-corrected chi connectivity index (χ2v) is 8.33. The molecule has 3 heteroatoms. The highest BCUT2D eigenvalue weighted by molar-refractivity contribution is 7.98. The minimum atomic E-state index is 0.663. The Bertz CT molecular complexity index is 748. The predicted octanol–water partition coefficient (Wildman–Crippen LogP) is 4.91. The minimum Gasteiger partial charge on any atom is -0.355 e. The van der Waals surface area contributed by atoms with Gasteiger partial charge in [-0.1, -0.05) is 25.6 Å². The summed E-state index contributed by atoms with van der Waals surface area (Å²) in [6.45, 7) is 8.85. The Kier molecular flexibility index (Phi) is 4.48. The summed E-state index contributed by atoms with van der Waals surface area (Å²) in [4.78, 5) is 6.39. The SMILES string of the molecule is C=Cc1[nH]c2cccc3c2c1C[C@@H]1[C@@H]3CC(CSC)CN1CCC. The lowest BCUT2D eigenvalue weighted by molar-refractivity contribution is 0.0926. The summed E-state index contributed by atoms with van der Waals surface area (Å²) < 4.78 is 0. The molecule has 24 heavy (non-hydrogen) atoms. The van der Waals surface area contributed by atoms with Gasteiger partial charge in [-0.3, -0.25) is 4.90 Å². The largest absolute Gasteiger partial charge is 0.355 e. The van der Waals surface area contributed by atoms with Crippen molar-refractivity contribution in [2.24, 2.45) is 5.92 Å². The molecule has 4 rings (SSSR count). The van der Waals surface area contributed by atoms with E-state index in [0.717, 1.165) is 5.92 Å². The van der Waals surface area contributed by atoms with E-state index in [1.54, 1.807) is 5.56 Å². The quantitative estimate of drug-likeness (QED) is 0.833. The zero-order valence-corrected chi connectivity index (χ0v) is 15.7. The van der Waals surface area contributed by atoms with E-state index in [-0.39, 0.29) is 0 Å². The lowest BCUT2D eigenvalue weighted by atomic mass is 9.72. The third-order valence-corrected chi connectivity index (χ3v) is 6.74. The van der Waals surface area contributed by atoms with Gasteiger partial charge >= 0.3 is 0 Å². The van der Waals surface area contributed by atoms with Gasteiger partial charge in [0.05, 0.1) is 0 Å². The van der Waals surface area contributed by atoms with Crippen LogP contribution in [0.3, 0.4) is 0 Å². The molecular weight excluding hydrogens is 312 g/mol. The van der Waals surface area contributed by atoms with Gasteiger partial charge in [0.15, 0.2) is 0 Å². The summed E-state index contributed by atoms with van der Waals surface area (Å²) in [7, 11) is 0. The van der Waals surface area contributed by atoms with Crippen molar-refractivity contribution in [1.82, 2.24) is 9.88 Å². The van der Waals surface area contributed by atoms with Crippen molar-refractivity contribution < 1.29 is 0 Å². The van der Waals surface area contributed by atoms with Crippen LogP contribution in [0.2, 0.25) is 0 Å². The molecule has 2 aromatic rings. The van der Waals surface area contributed by atoms with Crippen LogP contribution >= 0.6 is 11.8 Å². The van der Waals surface area contributed by atoms with Gasteiger partial charge in [0.2, 0.25) is 0 Å². The first-order chi connectivity index (χ1) is 11.8. The molecule has 0 amide bonds. The summed E-state index contributed by atoms with van der Waals surface area (Å²) >= 11 is 2.01. The normalized spacial score (nSPS) is 26.5. The van der Waals surface area contributed by atoms with Crippen LogP contribution in [0.5, 0.6) is 0 Å². The molecule has 0 radical (unpaired) electrons. The van der Waals surface area contributed by atoms with Gasteiger partial charge in [-0.05, 0) is 67.0 Å². The van der Waals surface area contributed by atoms with E-state index < -0.39 is 0 Å². The Morgan fingerprint density at radius 3 is 3.04 bits per heavy atom. The van der Waals surface area contributed by atoms with Gasteiger partial charge in [-0.2, -0.15) is 11.8 Å². The molecule has 0 bridgehead atoms. The van der Waals surface area contributed by atoms with E-state index in [2.05, 4.69) is 47.8 Å². The Balaban J connectivity index is 1.81. The number of likely N-dealkylation sites (tertiary alicyclic amines) is 1. The average Bonchev–Trinajstić information content (AvgIpc) is 2.96. The number of piperidine rings is 1. The van der Waals surface area contributed by atoms with Crippen LogP contribution in [0.1, 0.15) is 42.5 Å². The number of thioether (sulfide) groups is 1. The Morgan fingerprint density at radius 1 is 1.42 bits per heavy atom. The van der Waals surface area contributed by atoms with Gasteiger partial charge in [0.1, 0.15) is 0 Å². The molecule has 128 valence electrons. The van der Waals surface area contributed by atoms with Crippen LogP contribution in [0.25, 0.3) is 17.0 Å². The lowest BCUT2D eigenvalue weighted by Gasteiger charge is -2.47. The number of hydrogen-bond acceptors (Lipinski definition) is 2. The zero-order chi connectivity index (χ0) is 16.7. The third-order valence-electron chi connectivity index (χ3n) is 5.94. The van der Waals surface area contributed by atoms with Gasteiger partial charge in [0, 0.05) is 35.1 Å². The van der Waals surface area contributed by atoms with Gasteiger partial charge in [-0.25, -0.2) is 0 Å². The van der Waals surface area contributed by atoms with Crippen molar-refractivity contribution >= 4 is 28.7 Å². The number of benzene rings is 1. The number of H-pyrrole nitrogens is 1. The van der Waals surface area contributed by atoms with Crippen LogP contribution in [0.4, 0.5) is 0 Å². The fourth-order valence-corrected chi connectivity index (χ4v) is 5.80. The molecular formula is C21H28N2S. The molecule has 2 heterocycles. The number of fused-ring (bicyclic) bond motifs is 2. The molecule has 0 spiro atoms. The van der Waals surface area contributed by atoms with E-state index in [4.69, 9.17) is 0 Å². The van der Waals surface area contributed by atoms with E-state index >= 15 is 0 Å². The molecule has 1 N–H and O–H groups in total. The maximum Gasteiger partial charge on any atom is 0.0464 e. The second-order valence-electron chi connectivity index (χ2n) is 7.42. The van der Waals surface area contributed by atoms with Crippen molar-refractivity contribution in [2.45, 2.75) is 38.1 Å². The fourth-order valence-electron chi connectivity index (χ4n) is 5.09. The number of aromatic amines is 1. The third kappa shape index (κ3) is 2.53. The molecule has 1 fully saturated rings. The maximum atomic E-state index is 4.04. The maximum absolute atomic E-state index is 4.04. The summed E-state index contributed by atoms with van der Waals surface area (Å²) in [5.74, 6) is 2.80. The van der Waals surface area contributed by atoms with Crippen LogP contribution in [0.15, 0.2) is 24.8 Å². The van der Waals surface area contributed by atoms with E-state index in [9.17, 15) is 0 Å². The monoisotopic (exact) mass is 340 g/mol. The number of nitrogens with one attached hydrogen (secondary N) is 1. The Morgan fingerprint density at radius 2 is 2.29 bits per heavy atom. The fraction of sp³-hybridized carbons (Fsp3) is 0.524. The molecule has 3 atom stereocenters. The molecule has 1 aromatic carbocycles. The van der Waals surface area contributed by atoms with Crippen molar-refractivity contribution in [3.63, 3.8) is 0 Å². The highest BCUT2D eigenvalue weighted by Gasteiger charge is 2.40. The van der Waals surface area contributed by atoms with Crippen molar-refractivity contribution in [3.05, 3.63) is 41.6 Å². The van der Waals surface area contributed by atoms with E-state index in [1.807, 2.05) is 17.8 Å². The smallest absolute Gasteiger partial charge is 0.0464 e. The highest BCUT2D eigenvalue weighted by Crippen LogP contribution is 2.46. The van der Waals surface area contributed by atoms with E-state index in [1.165, 1.54) is 60.3 Å². The summed E-state index contributed by atoms with van der Waals surface area (Å²) in [5.41, 5.74) is 5.61. The summed E-state index contributed by atoms with van der Waals surface area (Å²) in [5, 5.41) is 1.50. The van der Waals surface area contributed by atoms with Gasteiger partial charge in [-0.15, -0.1) is 0 Å². The average molecular weight is 341 g/mol. The number of nitrogens with zero attached hydrogens (tertiary/aromatic N) is 1.